The lowest BCUT2D eigenvalue weighted by atomic mass is 9.97. The normalized spacial score (nSPS) is 15.4. The number of piperazine rings is 1. The minimum absolute atomic E-state index is 0.142. The zero-order chi connectivity index (χ0) is 18.1. The van der Waals surface area contributed by atoms with Crippen molar-refractivity contribution in [1.82, 2.24) is 19.8 Å². The number of likely N-dealkylation sites (N-methyl/N-ethyl adjacent to an activating group) is 1. The van der Waals surface area contributed by atoms with Gasteiger partial charge in [-0.2, -0.15) is 4.98 Å². The van der Waals surface area contributed by atoms with Crippen molar-refractivity contribution in [1.29, 1.82) is 0 Å². The molecule has 2 aromatic rings. The van der Waals surface area contributed by atoms with E-state index in [9.17, 15) is 9.59 Å². The zero-order valence-corrected chi connectivity index (χ0v) is 15.2. The Hall–Kier alpha value is -2.47. The molecule has 0 spiro atoms. The minimum Gasteiger partial charge on any atom is -0.335 e. The number of rotatable bonds is 2. The molecule has 1 aliphatic rings. The van der Waals surface area contributed by atoms with Crippen molar-refractivity contribution in [3.63, 3.8) is 0 Å². The van der Waals surface area contributed by atoms with Gasteiger partial charge in [-0.25, -0.2) is 4.79 Å². The van der Waals surface area contributed by atoms with Gasteiger partial charge >= 0.3 is 5.69 Å². The molecule has 0 atom stereocenters. The quantitative estimate of drug-likeness (QED) is 0.904. The van der Waals surface area contributed by atoms with Gasteiger partial charge in [-0.15, -0.1) is 0 Å². The second-order valence-corrected chi connectivity index (χ2v) is 6.85. The van der Waals surface area contributed by atoms with Gasteiger partial charge in [-0.05, 0) is 45.0 Å². The van der Waals surface area contributed by atoms with Gasteiger partial charge < -0.3 is 14.8 Å². The highest BCUT2D eigenvalue weighted by Crippen LogP contribution is 2.26. The molecule has 6 heteroatoms. The van der Waals surface area contributed by atoms with Crippen molar-refractivity contribution >= 4 is 5.91 Å². The molecule has 1 amide bonds. The summed E-state index contributed by atoms with van der Waals surface area (Å²) in [7, 11) is 2.04. The van der Waals surface area contributed by atoms with Crippen LogP contribution >= 0.6 is 0 Å². The molecule has 2 heterocycles. The maximum absolute atomic E-state index is 12.8. The number of carbonyl (C=O) groups is 1. The van der Waals surface area contributed by atoms with Crippen LogP contribution in [0.4, 0.5) is 0 Å². The van der Waals surface area contributed by atoms with E-state index < -0.39 is 5.69 Å². The molecular weight excluding hydrogens is 316 g/mol. The molecule has 6 nitrogen and oxygen atoms in total. The zero-order valence-electron chi connectivity index (χ0n) is 15.2. The highest BCUT2D eigenvalue weighted by atomic mass is 16.2. The summed E-state index contributed by atoms with van der Waals surface area (Å²) in [5, 5.41) is 0. The van der Waals surface area contributed by atoms with Crippen LogP contribution in [0.2, 0.25) is 0 Å². The Bertz CT molecular complexity index is 841. The van der Waals surface area contributed by atoms with Gasteiger partial charge in [0.2, 0.25) is 0 Å². The predicted octanol–water partition coefficient (Wildman–Crippen LogP) is 1.75. The third-order valence-corrected chi connectivity index (χ3v) is 4.70. The molecule has 1 aromatic heterocycles. The van der Waals surface area contributed by atoms with Crippen LogP contribution in [0.1, 0.15) is 27.2 Å². The van der Waals surface area contributed by atoms with Crippen molar-refractivity contribution in [2.45, 2.75) is 20.8 Å². The molecule has 3 rings (SSSR count). The lowest BCUT2D eigenvalue weighted by Crippen LogP contribution is -2.47. The average Bonchev–Trinajstić information content (AvgIpc) is 2.53. The summed E-state index contributed by atoms with van der Waals surface area (Å²) < 4.78 is 0. The maximum Gasteiger partial charge on any atom is 0.346 e. The number of aryl methyl sites for hydroxylation is 3. The number of carbonyl (C=O) groups excluding carboxylic acids is 1. The van der Waals surface area contributed by atoms with Crippen LogP contribution in [-0.2, 0) is 0 Å². The predicted molar refractivity (Wildman–Crippen MR) is 97.9 cm³/mol. The van der Waals surface area contributed by atoms with Crippen molar-refractivity contribution in [2.75, 3.05) is 33.2 Å². The van der Waals surface area contributed by atoms with E-state index in [4.69, 9.17) is 0 Å². The Labute approximate surface area is 147 Å². The van der Waals surface area contributed by atoms with Crippen molar-refractivity contribution in [3.8, 4) is 11.3 Å². The van der Waals surface area contributed by atoms with E-state index >= 15 is 0 Å². The second-order valence-electron chi connectivity index (χ2n) is 6.85. The number of hydrogen-bond donors (Lipinski definition) is 1. The van der Waals surface area contributed by atoms with Gasteiger partial charge in [0.15, 0.2) is 0 Å². The topological polar surface area (TPSA) is 69.3 Å². The van der Waals surface area contributed by atoms with E-state index in [0.717, 1.165) is 35.3 Å². The number of aromatic amines is 1. The highest BCUT2D eigenvalue weighted by Gasteiger charge is 2.22. The fourth-order valence-corrected chi connectivity index (χ4v) is 3.46. The van der Waals surface area contributed by atoms with Gasteiger partial charge in [0.05, 0.1) is 5.69 Å². The summed E-state index contributed by atoms with van der Waals surface area (Å²) in [5.41, 5.74) is 4.55. The molecule has 0 saturated carbocycles. The average molecular weight is 340 g/mol. The fourth-order valence-electron chi connectivity index (χ4n) is 3.46. The van der Waals surface area contributed by atoms with Gasteiger partial charge in [0, 0.05) is 31.7 Å². The summed E-state index contributed by atoms with van der Waals surface area (Å²) in [5.74, 6) is -0.142. The first kappa shape index (κ1) is 17.4. The van der Waals surface area contributed by atoms with E-state index in [0.29, 0.717) is 24.5 Å². The van der Waals surface area contributed by atoms with Crippen LogP contribution in [0.5, 0.6) is 0 Å². The molecule has 0 unspecified atom stereocenters. The van der Waals surface area contributed by atoms with E-state index in [1.165, 1.54) is 0 Å². The van der Waals surface area contributed by atoms with Gasteiger partial charge in [-0.1, -0.05) is 17.7 Å². The molecule has 0 aliphatic carbocycles. The van der Waals surface area contributed by atoms with E-state index in [-0.39, 0.29) is 5.91 Å². The molecule has 1 saturated heterocycles. The Morgan fingerprint density at radius 1 is 1.04 bits per heavy atom. The molecule has 0 bridgehead atoms. The number of aromatic nitrogens is 2. The van der Waals surface area contributed by atoms with Gasteiger partial charge in [0.1, 0.15) is 5.69 Å². The first-order chi connectivity index (χ1) is 11.8. The summed E-state index contributed by atoms with van der Waals surface area (Å²) in [6, 6.07) is 5.83. The molecule has 0 radical (unpaired) electrons. The van der Waals surface area contributed by atoms with Crippen LogP contribution < -0.4 is 5.69 Å². The van der Waals surface area contributed by atoms with Gasteiger partial charge in [0.25, 0.3) is 5.91 Å². The van der Waals surface area contributed by atoms with E-state index in [2.05, 4.69) is 27.0 Å². The summed E-state index contributed by atoms with van der Waals surface area (Å²) in [6.45, 7) is 9.04. The van der Waals surface area contributed by atoms with Crippen LogP contribution in [0.3, 0.4) is 0 Å². The number of H-pyrrole nitrogens is 1. The Kier molecular flexibility index (Phi) is 4.72. The largest absolute Gasteiger partial charge is 0.346 e. The van der Waals surface area contributed by atoms with Crippen molar-refractivity contribution in [3.05, 3.63) is 51.1 Å². The number of nitrogens with zero attached hydrogens (tertiary/aromatic N) is 3. The van der Waals surface area contributed by atoms with Crippen molar-refractivity contribution < 1.29 is 4.79 Å². The summed E-state index contributed by atoms with van der Waals surface area (Å²) in [4.78, 5) is 35.5. The number of hydrogen-bond acceptors (Lipinski definition) is 4. The lowest BCUT2D eigenvalue weighted by molar-refractivity contribution is 0.0657. The fraction of sp³-hybridized carbons (Fsp3) is 0.421. The molecular formula is C19H24N4O2. The molecule has 132 valence electrons. The second kappa shape index (κ2) is 6.80. The van der Waals surface area contributed by atoms with Gasteiger partial charge in [-0.3, -0.25) is 4.79 Å². The molecule has 25 heavy (non-hydrogen) atoms. The third-order valence-electron chi connectivity index (χ3n) is 4.70. The SMILES string of the molecule is Cc1cc(C)c(-c2cc(C(=O)N3CCN(C)CC3)[nH]c(=O)n2)c(C)c1. The van der Waals surface area contributed by atoms with Crippen LogP contribution in [0, 0.1) is 20.8 Å². The summed E-state index contributed by atoms with van der Waals surface area (Å²) >= 11 is 0. The highest BCUT2D eigenvalue weighted by molar-refractivity contribution is 5.93. The Balaban J connectivity index is 1.99. The number of amides is 1. The minimum atomic E-state index is -0.491. The van der Waals surface area contributed by atoms with Crippen LogP contribution in [0.15, 0.2) is 23.0 Å². The van der Waals surface area contributed by atoms with Crippen LogP contribution in [0.25, 0.3) is 11.3 Å². The molecule has 1 aromatic carbocycles. The molecule has 1 aliphatic heterocycles. The van der Waals surface area contributed by atoms with E-state index in [1.54, 1.807) is 11.0 Å². The number of nitrogens with one attached hydrogen (secondary N) is 1. The Morgan fingerprint density at radius 2 is 1.64 bits per heavy atom. The standard InChI is InChI=1S/C19H24N4O2/c1-12-9-13(2)17(14(3)10-12)15-11-16(21-19(25)20-15)18(24)23-7-5-22(4)6-8-23/h9-11H,5-8H2,1-4H3,(H,20,21,25). The summed E-state index contributed by atoms with van der Waals surface area (Å²) in [6.07, 6.45) is 0. The third kappa shape index (κ3) is 3.64. The molecule has 1 fully saturated rings. The van der Waals surface area contributed by atoms with Crippen molar-refractivity contribution in [2.24, 2.45) is 0 Å². The monoisotopic (exact) mass is 340 g/mol. The Morgan fingerprint density at radius 3 is 2.24 bits per heavy atom. The number of benzene rings is 1. The first-order valence-electron chi connectivity index (χ1n) is 8.52. The first-order valence-corrected chi connectivity index (χ1v) is 8.52. The van der Waals surface area contributed by atoms with E-state index in [1.807, 2.05) is 27.8 Å². The smallest absolute Gasteiger partial charge is 0.335 e. The van der Waals surface area contributed by atoms with Crippen LogP contribution in [-0.4, -0.2) is 58.9 Å². The molecule has 1 N–H and O–H groups in total. The maximum atomic E-state index is 12.8. The lowest BCUT2D eigenvalue weighted by Gasteiger charge is -2.32.